The second-order valence-electron chi connectivity index (χ2n) is 4.72. The van der Waals surface area contributed by atoms with Crippen molar-refractivity contribution in [3.8, 4) is 17.2 Å². The van der Waals surface area contributed by atoms with Crippen LogP contribution in [0.1, 0.15) is 5.56 Å². The van der Waals surface area contributed by atoms with Gasteiger partial charge >= 0.3 is 0 Å². The molecule has 2 aromatic carbocycles. The molecule has 116 valence electrons. The molecule has 1 N–H and O–H groups in total. The van der Waals surface area contributed by atoms with E-state index in [1.807, 2.05) is 31.2 Å². The first-order valence-electron chi connectivity index (χ1n) is 6.83. The Morgan fingerprint density at radius 2 is 1.86 bits per heavy atom. The maximum atomic E-state index is 12.0. The van der Waals surface area contributed by atoms with Crippen molar-refractivity contribution in [1.82, 2.24) is 0 Å². The molecule has 1 amide bonds. The van der Waals surface area contributed by atoms with E-state index in [0.717, 1.165) is 5.56 Å². The van der Waals surface area contributed by atoms with E-state index in [2.05, 4.69) is 5.32 Å². The standard InChI is InChI=1S/C17H19NO4/c1-12-5-4-6-14(9-12)22-11-17(19)18-15-8-7-13(20-2)10-16(15)21-3/h4-10H,11H2,1-3H3,(H,18,19). The normalized spacial score (nSPS) is 9.95. The zero-order chi connectivity index (χ0) is 15.9. The smallest absolute Gasteiger partial charge is 0.262 e. The Labute approximate surface area is 129 Å². The summed E-state index contributed by atoms with van der Waals surface area (Å²) in [5.74, 6) is 1.59. The molecule has 0 atom stereocenters. The summed E-state index contributed by atoms with van der Waals surface area (Å²) in [4.78, 5) is 12.0. The highest BCUT2D eigenvalue weighted by Crippen LogP contribution is 2.28. The molecule has 0 saturated heterocycles. The van der Waals surface area contributed by atoms with Gasteiger partial charge in [-0.2, -0.15) is 0 Å². The molecule has 0 aromatic heterocycles. The van der Waals surface area contributed by atoms with E-state index in [4.69, 9.17) is 14.2 Å². The van der Waals surface area contributed by atoms with Crippen LogP contribution in [0.25, 0.3) is 0 Å². The van der Waals surface area contributed by atoms with Gasteiger partial charge in [-0.25, -0.2) is 0 Å². The topological polar surface area (TPSA) is 56.8 Å². The van der Waals surface area contributed by atoms with Gasteiger partial charge in [0, 0.05) is 6.07 Å². The molecule has 0 heterocycles. The number of hydrogen-bond donors (Lipinski definition) is 1. The average molecular weight is 301 g/mol. The second-order valence-corrected chi connectivity index (χ2v) is 4.72. The highest BCUT2D eigenvalue weighted by molar-refractivity contribution is 5.93. The van der Waals surface area contributed by atoms with Crippen molar-refractivity contribution in [1.29, 1.82) is 0 Å². The molecule has 0 aliphatic heterocycles. The number of carbonyl (C=O) groups excluding carboxylic acids is 1. The van der Waals surface area contributed by atoms with Crippen molar-refractivity contribution in [2.45, 2.75) is 6.92 Å². The minimum Gasteiger partial charge on any atom is -0.497 e. The number of carbonyl (C=O) groups is 1. The van der Waals surface area contributed by atoms with Crippen LogP contribution >= 0.6 is 0 Å². The van der Waals surface area contributed by atoms with Gasteiger partial charge in [-0.05, 0) is 36.8 Å². The average Bonchev–Trinajstić information content (AvgIpc) is 2.53. The van der Waals surface area contributed by atoms with Crippen molar-refractivity contribution in [2.75, 3.05) is 26.1 Å². The van der Waals surface area contributed by atoms with Crippen LogP contribution in [-0.2, 0) is 4.79 Å². The monoisotopic (exact) mass is 301 g/mol. The van der Waals surface area contributed by atoms with Gasteiger partial charge in [0.2, 0.25) is 0 Å². The summed E-state index contributed by atoms with van der Waals surface area (Å²) in [6.07, 6.45) is 0. The number of rotatable bonds is 6. The SMILES string of the molecule is COc1ccc(NC(=O)COc2cccc(C)c2)c(OC)c1. The van der Waals surface area contributed by atoms with Gasteiger partial charge in [0.15, 0.2) is 6.61 Å². The van der Waals surface area contributed by atoms with Crippen molar-refractivity contribution in [3.63, 3.8) is 0 Å². The van der Waals surface area contributed by atoms with Gasteiger partial charge in [0.1, 0.15) is 17.2 Å². The van der Waals surface area contributed by atoms with Gasteiger partial charge in [-0.1, -0.05) is 12.1 Å². The van der Waals surface area contributed by atoms with E-state index >= 15 is 0 Å². The molecule has 5 nitrogen and oxygen atoms in total. The van der Waals surface area contributed by atoms with Crippen LogP contribution in [-0.4, -0.2) is 26.7 Å². The molecule has 0 radical (unpaired) electrons. The quantitative estimate of drug-likeness (QED) is 0.891. The van der Waals surface area contributed by atoms with Gasteiger partial charge in [-0.15, -0.1) is 0 Å². The Hall–Kier alpha value is -2.69. The molecule has 2 aromatic rings. The number of anilines is 1. The lowest BCUT2D eigenvalue weighted by atomic mass is 10.2. The van der Waals surface area contributed by atoms with Crippen LogP contribution in [0.15, 0.2) is 42.5 Å². The zero-order valence-corrected chi connectivity index (χ0v) is 12.9. The van der Waals surface area contributed by atoms with Crippen LogP contribution < -0.4 is 19.5 Å². The Morgan fingerprint density at radius 3 is 2.55 bits per heavy atom. The van der Waals surface area contributed by atoms with Crippen molar-refractivity contribution in [2.24, 2.45) is 0 Å². The molecule has 0 aliphatic carbocycles. The zero-order valence-electron chi connectivity index (χ0n) is 12.9. The van der Waals surface area contributed by atoms with E-state index in [0.29, 0.717) is 22.9 Å². The van der Waals surface area contributed by atoms with Crippen LogP contribution in [0.3, 0.4) is 0 Å². The summed E-state index contributed by atoms with van der Waals surface area (Å²) in [5, 5.41) is 2.75. The van der Waals surface area contributed by atoms with E-state index in [-0.39, 0.29) is 12.5 Å². The summed E-state index contributed by atoms with van der Waals surface area (Å²) >= 11 is 0. The lowest BCUT2D eigenvalue weighted by Crippen LogP contribution is -2.20. The summed E-state index contributed by atoms with van der Waals surface area (Å²) in [5.41, 5.74) is 1.65. The van der Waals surface area contributed by atoms with Gasteiger partial charge < -0.3 is 19.5 Å². The fraction of sp³-hybridized carbons (Fsp3) is 0.235. The summed E-state index contributed by atoms with van der Waals surface area (Å²) in [6, 6.07) is 12.7. The highest BCUT2D eigenvalue weighted by Gasteiger charge is 2.09. The van der Waals surface area contributed by atoms with Gasteiger partial charge in [0.25, 0.3) is 5.91 Å². The summed E-state index contributed by atoms with van der Waals surface area (Å²) in [7, 11) is 3.11. The van der Waals surface area contributed by atoms with Crippen molar-refractivity contribution in [3.05, 3.63) is 48.0 Å². The first-order valence-corrected chi connectivity index (χ1v) is 6.83. The second kappa shape index (κ2) is 7.36. The Bertz CT molecular complexity index is 655. The van der Waals surface area contributed by atoms with Gasteiger partial charge in [-0.3, -0.25) is 4.79 Å². The van der Waals surface area contributed by atoms with E-state index in [1.54, 1.807) is 25.3 Å². The fourth-order valence-electron chi connectivity index (χ4n) is 1.94. The molecule has 0 saturated carbocycles. The molecule has 0 bridgehead atoms. The van der Waals surface area contributed by atoms with Crippen molar-refractivity contribution < 1.29 is 19.0 Å². The number of benzene rings is 2. The maximum Gasteiger partial charge on any atom is 0.262 e. The number of ether oxygens (including phenoxy) is 3. The first-order chi connectivity index (χ1) is 10.6. The number of aryl methyl sites for hydroxylation is 1. The Kier molecular flexibility index (Phi) is 5.25. The van der Waals surface area contributed by atoms with Crippen LogP contribution in [0.2, 0.25) is 0 Å². The van der Waals surface area contributed by atoms with Gasteiger partial charge in [0.05, 0.1) is 19.9 Å². The molecule has 2 rings (SSSR count). The largest absolute Gasteiger partial charge is 0.497 e. The van der Waals surface area contributed by atoms with Crippen molar-refractivity contribution >= 4 is 11.6 Å². The molecular weight excluding hydrogens is 282 g/mol. The molecule has 0 fully saturated rings. The minimum absolute atomic E-state index is 0.0708. The van der Waals surface area contributed by atoms with E-state index in [9.17, 15) is 4.79 Å². The van der Waals surface area contributed by atoms with Crippen LogP contribution in [0.5, 0.6) is 17.2 Å². The van der Waals surface area contributed by atoms with E-state index < -0.39 is 0 Å². The number of amides is 1. The summed E-state index contributed by atoms with van der Waals surface area (Å²) in [6.45, 7) is 1.90. The predicted octanol–water partition coefficient (Wildman–Crippen LogP) is 3.03. The molecule has 0 spiro atoms. The summed E-state index contributed by atoms with van der Waals surface area (Å²) < 4.78 is 15.8. The highest BCUT2D eigenvalue weighted by atomic mass is 16.5. The maximum absolute atomic E-state index is 12.0. The molecule has 5 heteroatoms. The molecule has 0 aliphatic rings. The number of hydrogen-bond acceptors (Lipinski definition) is 4. The Morgan fingerprint density at radius 1 is 1.05 bits per heavy atom. The Balaban J connectivity index is 1.97. The third kappa shape index (κ3) is 4.15. The molecule has 22 heavy (non-hydrogen) atoms. The van der Waals surface area contributed by atoms with Crippen LogP contribution in [0.4, 0.5) is 5.69 Å². The third-order valence-electron chi connectivity index (χ3n) is 3.04. The first kappa shape index (κ1) is 15.7. The fourth-order valence-corrected chi connectivity index (χ4v) is 1.94. The number of nitrogens with one attached hydrogen (secondary N) is 1. The van der Waals surface area contributed by atoms with Crippen LogP contribution in [0, 0.1) is 6.92 Å². The predicted molar refractivity (Wildman–Crippen MR) is 84.8 cm³/mol. The lowest BCUT2D eigenvalue weighted by Gasteiger charge is -2.12. The number of methoxy groups -OCH3 is 2. The molecule has 0 unspecified atom stereocenters. The third-order valence-corrected chi connectivity index (χ3v) is 3.04. The van der Waals surface area contributed by atoms with E-state index in [1.165, 1.54) is 7.11 Å². The molecular formula is C17H19NO4. The minimum atomic E-state index is -0.259. The lowest BCUT2D eigenvalue weighted by molar-refractivity contribution is -0.118.